The third-order valence-corrected chi connectivity index (χ3v) is 6.25. The van der Waals surface area contributed by atoms with Gasteiger partial charge in [0.25, 0.3) is 0 Å². The zero-order valence-corrected chi connectivity index (χ0v) is 21.3. The highest BCUT2D eigenvalue weighted by molar-refractivity contribution is 5.78. The number of hydrogen-bond donors (Lipinski definition) is 2. The van der Waals surface area contributed by atoms with Gasteiger partial charge in [-0.15, -0.1) is 0 Å². The highest BCUT2D eigenvalue weighted by Crippen LogP contribution is 2.19. The van der Waals surface area contributed by atoms with E-state index in [0.717, 1.165) is 4.57 Å². The van der Waals surface area contributed by atoms with Crippen LogP contribution in [0.3, 0.4) is 0 Å². The predicted octanol–water partition coefficient (Wildman–Crippen LogP) is 3.43. The number of benzene rings is 3. The van der Waals surface area contributed by atoms with E-state index < -0.39 is 29.6 Å². The lowest BCUT2D eigenvalue weighted by atomic mass is 10.2. The largest absolute Gasteiger partial charge is 0.435 e. The predicted molar refractivity (Wildman–Crippen MR) is 143 cm³/mol. The maximum atomic E-state index is 13.6. The number of halogens is 4. The van der Waals surface area contributed by atoms with E-state index in [4.69, 9.17) is 5.73 Å². The molecule has 0 bridgehead atoms. The molecule has 10 nitrogen and oxygen atoms in total. The van der Waals surface area contributed by atoms with Gasteiger partial charge in [-0.25, -0.2) is 27.9 Å². The van der Waals surface area contributed by atoms with Crippen LogP contribution < -0.4 is 27.2 Å². The van der Waals surface area contributed by atoms with Gasteiger partial charge in [0.05, 0.1) is 24.1 Å². The van der Waals surface area contributed by atoms with Gasteiger partial charge in [0.1, 0.15) is 17.4 Å². The number of nitrogen functional groups attached to an aromatic ring is 1. The second kappa shape index (κ2) is 11.5. The van der Waals surface area contributed by atoms with Crippen molar-refractivity contribution in [3.8, 4) is 5.75 Å². The lowest BCUT2D eigenvalue weighted by Crippen LogP contribution is -2.43. The molecule has 0 radical (unpaired) electrons. The summed E-state index contributed by atoms with van der Waals surface area (Å²) < 4.78 is 60.2. The van der Waals surface area contributed by atoms with Crippen LogP contribution in [0.4, 0.5) is 29.5 Å². The Balaban J connectivity index is 1.45. The number of nitrogens with zero attached hydrogens (tertiary/aromatic N) is 5. The van der Waals surface area contributed by atoms with E-state index in [9.17, 15) is 27.2 Å². The molecule has 5 aromatic rings. The second-order valence-corrected chi connectivity index (χ2v) is 9.00. The first-order valence-corrected chi connectivity index (χ1v) is 12.3. The maximum Gasteiger partial charge on any atom is 0.387 e. The number of alkyl halides is 2. The Morgan fingerprint density at radius 2 is 1.46 bits per heavy atom. The Morgan fingerprint density at radius 1 is 0.829 bits per heavy atom. The Hall–Kier alpha value is -5.14. The highest BCUT2D eigenvalue weighted by Gasteiger charge is 2.16. The lowest BCUT2D eigenvalue weighted by molar-refractivity contribution is -0.0498. The quantitative estimate of drug-likeness (QED) is 0.247. The Bertz CT molecular complexity index is 1800. The minimum Gasteiger partial charge on any atom is -0.435 e. The fourth-order valence-electron chi connectivity index (χ4n) is 4.31. The fourth-order valence-corrected chi connectivity index (χ4v) is 4.31. The molecule has 3 N–H and O–H groups in total. The van der Waals surface area contributed by atoms with E-state index in [1.54, 1.807) is 10.6 Å². The number of aromatic nitrogens is 5. The molecule has 212 valence electrons. The van der Waals surface area contributed by atoms with Crippen LogP contribution >= 0.6 is 0 Å². The number of nitrogens with two attached hydrogens (primary N) is 1. The fraction of sp³-hybridized carbons (Fsp3) is 0.185. The van der Waals surface area contributed by atoms with Gasteiger partial charge in [-0.3, -0.25) is 4.57 Å². The monoisotopic (exact) mass is 569 g/mol. The van der Waals surface area contributed by atoms with Gasteiger partial charge >= 0.3 is 18.0 Å². The van der Waals surface area contributed by atoms with Crippen LogP contribution in [0, 0.1) is 11.6 Å². The molecular formula is C27H23F4N7O3. The number of anilines is 2. The summed E-state index contributed by atoms with van der Waals surface area (Å²) in [6.07, 6.45) is 0. The number of imidazole rings is 1. The smallest absolute Gasteiger partial charge is 0.387 e. The van der Waals surface area contributed by atoms with Crippen molar-refractivity contribution in [3.63, 3.8) is 0 Å². The van der Waals surface area contributed by atoms with Crippen molar-refractivity contribution >= 4 is 22.9 Å². The van der Waals surface area contributed by atoms with Crippen LogP contribution in [-0.4, -0.2) is 36.8 Å². The zero-order valence-electron chi connectivity index (χ0n) is 21.3. The van der Waals surface area contributed by atoms with Gasteiger partial charge < -0.3 is 20.4 Å². The summed E-state index contributed by atoms with van der Waals surface area (Å²) >= 11 is 0. The molecule has 0 saturated carbocycles. The molecule has 0 atom stereocenters. The molecule has 5 rings (SSSR count). The normalized spacial score (nSPS) is 11.3. The van der Waals surface area contributed by atoms with Crippen LogP contribution in [0.1, 0.15) is 11.1 Å². The first-order chi connectivity index (χ1) is 19.7. The number of ether oxygens (including phenoxy) is 1. The Morgan fingerprint density at radius 3 is 2.15 bits per heavy atom. The van der Waals surface area contributed by atoms with Crippen LogP contribution in [0.2, 0.25) is 0 Å². The van der Waals surface area contributed by atoms with Crippen molar-refractivity contribution in [2.24, 2.45) is 0 Å². The van der Waals surface area contributed by atoms with E-state index in [1.165, 1.54) is 65.2 Å². The van der Waals surface area contributed by atoms with Crippen LogP contribution in [0.25, 0.3) is 11.0 Å². The van der Waals surface area contributed by atoms with Gasteiger partial charge in [0.2, 0.25) is 11.9 Å². The SMILES string of the molecule is Nc1nc2cc(F)ccc2n1CCNc1nc(=O)n(Cc2ccc(F)cc2)c(=O)n1Cc1ccc(OC(F)F)cc1. The van der Waals surface area contributed by atoms with E-state index in [-0.39, 0.29) is 43.8 Å². The molecule has 0 spiro atoms. The van der Waals surface area contributed by atoms with E-state index in [1.807, 2.05) is 0 Å². The van der Waals surface area contributed by atoms with Gasteiger partial charge in [-0.1, -0.05) is 24.3 Å². The summed E-state index contributed by atoms with van der Waals surface area (Å²) in [6.45, 7) is -2.81. The summed E-state index contributed by atoms with van der Waals surface area (Å²) in [7, 11) is 0. The zero-order chi connectivity index (χ0) is 29.1. The molecular weight excluding hydrogens is 546 g/mol. The third kappa shape index (κ3) is 6.21. The Labute approximate surface area is 229 Å². The molecule has 3 aromatic carbocycles. The number of fused-ring (bicyclic) bond motifs is 1. The molecule has 0 aliphatic carbocycles. The molecule has 0 fully saturated rings. The summed E-state index contributed by atoms with van der Waals surface area (Å²) in [4.78, 5) is 34.7. The van der Waals surface area contributed by atoms with Crippen molar-refractivity contribution in [3.05, 3.63) is 110 Å². The first kappa shape index (κ1) is 27.4. The Kier molecular flexibility index (Phi) is 7.72. The lowest BCUT2D eigenvalue weighted by Gasteiger charge is -2.16. The number of hydrogen-bond acceptors (Lipinski definition) is 7. The standard InChI is InChI=1S/C27H23F4N7O3/c28-18-5-1-16(2-6-18)15-38-26(39)35-25(33-11-12-36-22-10-7-19(29)13-21(22)34-24(36)32)37(27(38)40)14-17-3-8-20(9-4-17)41-23(30)31/h1-10,13,23H,11-12,14-15H2,(H2,32,34)(H,33,35,39). The first-order valence-electron chi connectivity index (χ1n) is 12.3. The maximum absolute atomic E-state index is 13.6. The highest BCUT2D eigenvalue weighted by atomic mass is 19.3. The number of rotatable bonds is 10. The van der Waals surface area contributed by atoms with E-state index >= 15 is 0 Å². The van der Waals surface area contributed by atoms with Gasteiger partial charge in [0, 0.05) is 19.2 Å². The third-order valence-electron chi connectivity index (χ3n) is 6.25. The average Bonchev–Trinajstić information content (AvgIpc) is 3.24. The average molecular weight is 570 g/mol. The molecule has 0 saturated heterocycles. The minimum absolute atomic E-state index is 0.0442. The molecule has 41 heavy (non-hydrogen) atoms. The molecule has 2 heterocycles. The summed E-state index contributed by atoms with van der Waals surface area (Å²) in [5.74, 6) is -0.870. The molecule has 14 heteroatoms. The van der Waals surface area contributed by atoms with Gasteiger partial charge in [-0.2, -0.15) is 13.8 Å². The molecule has 0 aliphatic heterocycles. The second-order valence-electron chi connectivity index (χ2n) is 9.00. The van der Waals surface area contributed by atoms with Crippen LogP contribution in [0.5, 0.6) is 5.75 Å². The molecule has 2 aromatic heterocycles. The summed E-state index contributed by atoms with van der Waals surface area (Å²) in [5.41, 5.74) is 6.49. The summed E-state index contributed by atoms with van der Waals surface area (Å²) in [5, 5.41) is 2.98. The van der Waals surface area contributed by atoms with Crippen molar-refractivity contribution in [1.82, 2.24) is 23.7 Å². The van der Waals surface area contributed by atoms with Crippen molar-refractivity contribution < 1.29 is 22.3 Å². The van der Waals surface area contributed by atoms with Gasteiger partial charge in [-0.05, 0) is 47.5 Å². The van der Waals surface area contributed by atoms with Crippen LogP contribution in [-0.2, 0) is 19.6 Å². The molecule has 0 amide bonds. The van der Waals surface area contributed by atoms with E-state index in [2.05, 4.69) is 20.0 Å². The topological polar surface area (TPSA) is 122 Å². The number of nitrogens with one attached hydrogen (secondary N) is 1. The molecule has 0 aliphatic rings. The van der Waals surface area contributed by atoms with E-state index in [0.29, 0.717) is 22.2 Å². The van der Waals surface area contributed by atoms with Gasteiger partial charge in [0.15, 0.2) is 0 Å². The minimum atomic E-state index is -2.99. The molecule has 0 unspecified atom stereocenters. The van der Waals surface area contributed by atoms with Crippen molar-refractivity contribution in [1.29, 1.82) is 0 Å². The van der Waals surface area contributed by atoms with Crippen molar-refractivity contribution in [2.45, 2.75) is 26.2 Å². The van der Waals surface area contributed by atoms with Crippen molar-refractivity contribution in [2.75, 3.05) is 17.6 Å². The van der Waals surface area contributed by atoms with Crippen LogP contribution in [0.15, 0.2) is 76.3 Å². The summed E-state index contributed by atoms with van der Waals surface area (Å²) in [6, 6.07) is 15.1.